The maximum Gasteiger partial charge on any atom is 0.122 e. The van der Waals surface area contributed by atoms with E-state index in [0.717, 1.165) is 16.6 Å². The van der Waals surface area contributed by atoms with Crippen molar-refractivity contribution in [3.05, 3.63) is 28.2 Å². The Morgan fingerprint density at radius 3 is 3.00 bits per heavy atom. The van der Waals surface area contributed by atoms with Crippen molar-refractivity contribution in [3.8, 4) is 5.75 Å². The Morgan fingerprint density at radius 2 is 2.23 bits per heavy atom. The van der Waals surface area contributed by atoms with E-state index in [0.29, 0.717) is 6.61 Å². The van der Waals surface area contributed by atoms with Crippen LogP contribution in [0.4, 0.5) is 0 Å². The fourth-order valence-electron chi connectivity index (χ4n) is 1.39. The summed E-state index contributed by atoms with van der Waals surface area (Å²) in [5, 5.41) is 0. The maximum absolute atomic E-state index is 5.76. The van der Waals surface area contributed by atoms with Gasteiger partial charge >= 0.3 is 0 Å². The molecule has 0 saturated heterocycles. The summed E-state index contributed by atoms with van der Waals surface area (Å²) in [6.07, 6.45) is 0.911. The van der Waals surface area contributed by atoms with Gasteiger partial charge in [-0.3, -0.25) is 0 Å². The second-order valence-electron chi connectivity index (χ2n) is 3.03. The summed E-state index contributed by atoms with van der Waals surface area (Å²) in [7, 11) is 0. The first kappa shape index (κ1) is 10.8. The Hall–Kier alpha value is -0.250. The van der Waals surface area contributed by atoms with Gasteiger partial charge in [0.25, 0.3) is 0 Å². The van der Waals surface area contributed by atoms with Crippen molar-refractivity contribution in [1.82, 2.24) is 0 Å². The Morgan fingerprint density at radius 1 is 1.46 bits per heavy atom. The molecular weight excluding hydrogens is 253 g/mol. The van der Waals surface area contributed by atoms with Gasteiger partial charge in [-0.25, -0.2) is 0 Å². The first-order valence-corrected chi connectivity index (χ1v) is 4.72. The third-order valence-electron chi connectivity index (χ3n) is 1.96. The normalized spacial score (nSPS) is 19.7. The number of benzene rings is 1. The van der Waals surface area contributed by atoms with Crippen LogP contribution in [0.3, 0.4) is 0 Å². The van der Waals surface area contributed by atoms with Crippen molar-refractivity contribution in [2.75, 3.05) is 6.61 Å². The minimum absolute atomic E-state index is 0. The molecule has 2 N–H and O–H groups in total. The van der Waals surface area contributed by atoms with Crippen molar-refractivity contribution in [3.63, 3.8) is 0 Å². The van der Waals surface area contributed by atoms with E-state index in [1.54, 1.807) is 0 Å². The van der Waals surface area contributed by atoms with Crippen LogP contribution >= 0.6 is 28.3 Å². The molecule has 2 rings (SSSR count). The fraction of sp³-hybridized carbons (Fsp3) is 0.333. The fourth-order valence-corrected chi connectivity index (χ4v) is 1.80. The Labute approximate surface area is 92.0 Å². The van der Waals surface area contributed by atoms with Crippen LogP contribution < -0.4 is 10.5 Å². The third-order valence-corrected chi connectivity index (χ3v) is 2.45. The first-order valence-electron chi connectivity index (χ1n) is 3.92. The van der Waals surface area contributed by atoms with E-state index in [4.69, 9.17) is 10.5 Å². The smallest absolute Gasteiger partial charge is 0.122 e. The topological polar surface area (TPSA) is 35.2 Å². The van der Waals surface area contributed by atoms with Gasteiger partial charge in [-0.2, -0.15) is 0 Å². The predicted molar refractivity (Wildman–Crippen MR) is 58.6 cm³/mol. The van der Waals surface area contributed by atoms with E-state index < -0.39 is 0 Å². The minimum atomic E-state index is 0. The number of hydrogen-bond acceptors (Lipinski definition) is 2. The zero-order valence-corrected chi connectivity index (χ0v) is 9.40. The summed E-state index contributed by atoms with van der Waals surface area (Å²) in [5.41, 5.74) is 6.96. The van der Waals surface area contributed by atoms with Gasteiger partial charge in [0.05, 0.1) is 0 Å². The van der Waals surface area contributed by atoms with Gasteiger partial charge in [0.2, 0.25) is 0 Å². The number of nitrogens with two attached hydrogens (primary N) is 1. The summed E-state index contributed by atoms with van der Waals surface area (Å²) in [6, 6.07) is 6.17. The molecule has 1 atom stereocenters. The SMILES string of the molecule is Cl.NC1COc2ccc(Br)cc2C1. The first-order chi connectivity index (χ1) is 5.75. The quantitative estimate of drug-likeness (QED) is 0.779. The highest BCUT2D eigenvalue weighted by atomic mass is 79.9. The molecule has 0 spiro atoms. The average Bonchev–Trinajstić information content (AvgIpc) is 2.03. The molecule has 2 nitrogen and oxygen atoms in total. The van der Waals surface area contributed by atoms with Crippen LogP contribution in [0.2, 0.25) is 0 Å². The molecular formula is C9H11BrClNO. The van der Waals surface area contributed by atoms with Gasteiger partial charge in [0.15, 0.2) is 0 Å². The van der Waals surface area contributed by atoms with E-state index in [-0.39, 0.29) is 18.4 Å². The van der Waals surface area contributed by atoms with E-state index in [9.17, 15) is 0 Å². The van der Waals surface area contributed by atoms with Crippen molar-refractivity contribution in [1.29, 1.82) is 0 Å². The molecule has 13 heavy (non-hydrogen) atoms. The molecule has 1 unspecified atom stereocenters. The second kappa shape index (κ2) is 4.31. The predicted octanol–water partition coefficient (Wildman–Crippen LogP) is 2.13. The van der Waals surface area contributed by atoms with Gasteiger partial charge in [0, 0.05) is 10.5 Å². The molecule has 0 amide bonds. The van der Waals surface area contributed by atoms with Crippen molar-refractivity contribution < 1.29 is 4.74 Å². The lowest BCUT2D eigenvalue weighted by Crippen LogP contribution is -2.33. The molecule has 1 aliphatic heterocycles. The van der Waals surface area contributed by atoms with Crippen LogP contribution in [-0.4, -0.2) is 12.6 Å². The van der Waals surface area contributed by atoms with Crippen molar-refractivity contribution in [2.45, 2.75) is 12.5 Å². The lowest BCUT2D eigenvalue weighted by atomic mass is 10.0. The summed E-state index contributed by atoms with van der Waals surface area (Å²) >= 11 is 3.41. The average molecular weight is 265 g/mol. The Bertz CT molecular complexity index is 306. The zero-order valence-electron chi connectivity index (χ0n) is 7.00. The highest BCUT2D eigenvalue weighted by Gasteiger charge is 2.15. The Balaban J connectivity index is 0.000000845. The molecule has 0 aliphatic carbocycles. The van der Waals surface area contributed by atoms with E-state index in [1.165, 1.54) is 5.56 Å². The van der Waals surface area contributed by atoms with Crippen LogP contribution in [0.25, 0.3) is 0 Å². The number of ether oxygens (including phenoxy) is 1. The minimum Gasteiger partial charge on any atom is -0.492 e. The van der Waals surface area contributed by atoms with E-state index in [1.807, 2.05) is 12.1 Å². The molecule has 0 saturated carbocycles. The maximum atomic E-state index is 5.76. The van der Waals surface area contributed by atoms with Gasteiger partial charge < -0.3 is 10.5 Å². The Kier molecular flexibility index (Phi) is 3.59. The number of halogens is 2. The van der Waals surface area contributed by atoms with Gasteiger partial charge in [-0.15, -0.1) is 12.4 Å². The van der Waals surface area contributed by atoms with Crippen LogP contribution in [0, 0.1) is 0 Å². The van der Waals surface area contributed by atoms with E-state index in [2.05, 4.69) is 22.0 Å². The van der Waals surface area contributed by atoms with Crippen molar-refractivity contribution in [2.24, 2.45) is 5.73 Å². The number of rotatable bonds is 0. The zero-order chi connectivity index (χ0) is 8.55. The molecule has 1 aromatic carbocycles. The highest BCUT2D eigenvalue weighted by molar-refractivity contribution is 9.10. The van der Waals surface area contributed by atoms with E-state index >= 15 is 0 Å². The van der Waals surface area contributed by atoms with Crippen LogP contribution in [-0.2, 0) is 6.42 Å². The molecule has 0 bridgehead atoms. The van der Waals surface area contributed by atoms with Crippen LogP contribution in [0.15, 0.2) is 22.7 Å². The summed E-state index contributed by atoms with van der Waals surface area (Å²) in [5.74, 6) is 0.972. The second-order valence-corrected chi connectivity index (χ2v) is 3.94. The molecule has 1 aliphatic rings. The monoisotopic (exact) mass is 263 g/mol. The lowest BCUT2D eigenvalue weighted by Gasteiger charge is -2.22. The molecule has 1 aromatic rings. The van der Waals surface area contributed by atoms with Gasteiger partial charge in [-0.1, -0.05) is 15.9 Å². The molecule has 4 heteroatoms. The summed E-state index contributed by atoms with van der Waals surface area (Å²) in [4.78, 5) is 0. The summed E-state index contributed by atoms with van der Waals surface area (Å²) in [6.45, 7) is 0.634. The number of fused-ring (bicyclic) bond motifs is 1. The third kappa shape index (κ3) is 2.36. The van der Waals surface area contributed by atoms with Crippen LogP contribution in [0.5, 0.6) is 5.75 Å². The molecule has 0 fully saturated rings. The molecule has 0 radical (unpaired) electrons. The highest BCUT2D eigenvalue weighted by Crippen LogP contribution is 2.27. The largest absolute Gasteiger partial charge is 0.492 e. The van der Waals surface area contributed by atoms with Gasteiger partial charge in [0.1, 0.15) is 12.4 Å². The number of hydrogen-bond donors (Lipinski definition) is 1. The lowest BCUT2D eigenvalue weighted by molar-refractivity contribution is 0.263. The molecule has 72 valence electrons. The van der Waals surface area contributed by atoms with Crippen LogP contribution in [0.1, 0.15) is 5.56 Å². The van der Waals surface area contributed by atoms with Gasteiger partial charge in [-0.05, 0) is 30.2 Å². The molecule has 1 heterocycles. The standard InChI is InChI=1S/C9H10BrNO.ClH/c10-7-1-2-9-6(3-7)4-8(11)5-12-9;/h1-3,8H,4-5,11H2;1H. The van der Waals surface area contributed by atoms with Crippen molar-refractivity contribution >= 4 is 28.3 Å². The summed E-state index contributed by atoms with van der Waals surface area (Å²) < 4.78 is 6.53. The molecule has 0 aromatic heterocycles.